The molecular weight excluding hydrogens is 434 g/mol. The van der Waals surface area contributed by atoms with Gasteiger partial charge in [0.1, 0.15) is 5.15 Å². The summed E-state index contributed by atoms with van der Waals surface area (Å²) in [6, 6.07) is 5.84. The molecule has 0 atom stereocenters. The lowest BCUT2D eigenvalue weighted by atomic mass is 10.2. The predicted molar refractivity (Wildman–Crippen MR) is 114 cm³/mol. The molecule has 154 valence electrons. The smallest absolute Gasteiger partial charge is 0.263 e. The van der Waals surface area contributed by atoms with Crippen LogP contribution in [0.1, 0.15) is 35.8 Å². The topological polar surface area (TPSA) is 106 Å². The van der Waals surface area contributed by atoms with Gasteiger partial charge in [-0.2, -0.15) is 5.10 Å². The van der Waals surface area contributed by atoms with E-state index in [1.807, 2.05) is 0 Å². The number of aryl methyl sites for hydroxylation is 2. The van der Waals surface area contributed by atoms with Crippen molar-refractivity contribution in [2.75, 3.05) is 10.0 Å². The molecule has 0 spiro atoms. The Hall–Kier alpha value is -2.43. The third-order valence-electron chi connectivity index (χ3n) is 4.09. The van der Waals surface area contributed by atoms with Crippen molar-refractivity contribution in [3.63, 3.8) is 0 Å². The number of rotatable bonds is 8. The van der Waals surface area contributed by atoms with E-state index < -0.39 is 15.9 Å². The molecule has 0 saturated carbocycles. The van der Waals surface area contributed by atoms with E-state index in [1.54, 1.807) is 17.0 Å². The van der Waals surface area contributed by atoms with Crippen LogP contribution < -0.4 is 10.0 Å². The zero-order chi connectivity index (χ0) is 21.0. The molecule has 3 rings (SSSR count). The molecule has 0 aliphatic heterocycles. The zero-order valence-corrected chi connectivity index (χ0v) is 18.2. The number of carbonyl (C=O) groups excluding carboxylic acids is 1. The largest absolute Gasteiger partial charge is 0.322 e. The summed E-state index contributed by atoms with van der Waals surface area (Å²) in [4.78, 5) is 16.6. The molecule has 29 heavy (non-hydrogen) atoms. The lowest BCUT2D eigenvalue weighted by molar-refractivity contribution is 0.102. The second kappa shape index (κ2) is 8.93. The average Bonchev–Trinajstić information content (AvgIpc) is 3.27. The molecule has 2 N–H and O–H groups in total. The van der Waals surface area contributed by atoms with E-state index in [0.717, 1.165) is 12.8 Å². The molecule has 0 radical (unpaired) electrons. The average molecular weight is 454 g/mol. The van der Waals surface area contributed by atoms with Crippen molar-refractivity contribution < 1.29 is 13.2 Å². The zero-order valence-electron chi connectivity index (χ0n) is 15.8. The summed E-state index contributed by atoms with van der Waals surface area (Å²) in [7, 11) is -3.75. The van der Waals surface area contributed by atoms with Crippen LogP contribution in [0.2, 0.25) is 5.15 Å². The second-order valence-electron chi connectivity index (χ2n) is 6.25. The fraction of sp³-hybridized carbons (Fsp3) is 0.278. The summed E-state index contributed by atoms with van der Waals surface area (Å²) in [5.41, 5.74) is 1.29. The molecule has 1 aromatic carbocycles. The van der Waals surface area contributed by atoms with E-state index in [9.17, 15) is 13.2 Å². The van der Waals surface area contributed by atoms with Crippen molar-refractivity contribution >= 4 is 49.7 Å². The highest BCUT2D eigenvalue weighted by Gasteiger charge is 2.21. The number of nitrogens with one attached hydrogen (secondary N) is 2. The number of thiazole rings is 1. The van der Waals surface area contributed by atoms with E-state index in [4.69, 9.17) is 11.6 Å². The molecule has 0 bridgehead atoms. The Morgan fingerprint density at radius 3 is 2.62 bits per heavy atom. The number of anilines is 2. The number of nitrogens with zero attached hydrogens (tertiary/aromatic N) is 3. The third kappa shape index (κ3) is 4.95. The highest BCUT2D eigenvalue weighted by molar-refractivity contribution is 7.93. The number of carbonyl (C=O) groups is 1. The van der Waals surface area contributed by atoms with Crippen LogP contribution in [0, 0.1) is 6.92 Å². The van der Waals surface area contributed by atoms with Crippen LogP contribution in [0.3, 0.4) is 0 Å². The minimum absolute atomic E-state index is 0.0623. The Morgan fingerprint density at radius 1 is 1.28 bits per heavy atom. The monoisotopic (exact) mass is 453 g/mol. The van der Waals surface area contributed by atoms with Gasteiger partial charge in [0.25, 0.3) is 15.9 Å². The minimum Gasteiger partial charge on any atom is -0.322 e. The van der Waals surface area contributed by atoms with Crippen LogP contribution in [0.25, 0.3) is 0 Å². The second-order valence-corrected chi connectivity index (χ2v) is 9.18. The molecule has 2 aromatic heterocycles. The van der Waals surface area contributed by atoms with Crippen LogP contribution in [0.15, 0.2) is 40.7 Å². The Balaban J connectivity index is 1.73. The molecule has 3 aromatic rings. The van der Waals surface area contributed by atoms with E-state index in [2.05, 4.69) is 27.0 Å². The van der Waals surface area contributed by atoms with E-state index in [0.29, 0.717) is 28.6 Å². The fourth-order valence-electron chi connectivity index (χ4n) is 2.63. The quantitative estimate of drug-likeness (QED) is 0.532. The van der Waals surface area contributed by atoms with Gasteiger partial charge in [-0.05, 0) is 37.6 Å². The lowest BCUT2D eigenvalue weighted by Gasteiger charge is -2.08. The molecule has 0 unspecified atom stereocenters. The summed E-state index contributed by atoms with van der Waals surface area (Å²) in [6.45, 7) is 4.43. The number of hydrogen-bond donors (Lipinski definition) is 2. The molecule has 0 saturated heterocycles. The van der Waals surface area contributed by atoms with Crippen LogP contribution >= 0.6 is 22.9 Å². The maximum atomic E-state index is 12.6. The molecule has 8 nitrogen and oxygen atoms in total. The standard InChI is InChI=1S/C18H20ClN5O3S2/c1-3-4-10-24-16(19)15(12(2)22-24)17(25)21-13-5-7-14(8-6-13)29(26,27)23-18-20-9-11-28-18/h5-9,11H,3-4,10H2,1-2H3,(H,20,23)(H,21,25). The van der Waals surface area contributed by atoms with E-state index >= 15 is 0 Å². The number of sulfonamides is 1. The minimum atomic E-state index is -3.75. The Bertz CT molecular complexity index is 1090. The first-order valence-electron chi connectivity index (χ1n) is 8.88. The van der Waals surface area contributed by atoms with Crippen molar-refractivity contribution in [1.82, 2.24) is 14.8 Å². The molecule has 1 amide bonds. The highest BCUT2D eigenvalue weighted by Crippen LogP contribution is 2.23. The van der Waals surface area contributed by atoms with Crippen molar-refractivity contribution in [2.24, 2.45) is 0 Å². The van der Waals surface area contributed by atoms with Gasteiger partial charge in [-0.15, -0.1) is 11.3 Å². The Morgan fingerprint density at radius 2 is 2.00 bits per heavy atom. The Kier molecular flexibility index (Phi) is 6.56. The first-order valence-corrected chi connectivity index (χ1v) is 11.6. The van der Waals surface area contributed by atoms with E-state index in [1.165, 1.54) is 41.8 Å². The summed E-state index contributed by atoms with van der Waals surface area (Å²) < 4.78 is 28.8. The number of benzene rings is 1. The third-order valence-corrected chi connectivity index (χ3v) is 6.65. The molecule has 11 heteroatoms. The van der Waals surface area contributed by atoms with Gasteiger partial charge in [0.2, 0.25) is 0 Å². The molecule has 0 aliphatic carbocycles. The van der Waals surface area contributed by atoms with E-state index in [-0.39, 0.29) is 10.0 Å². The first-order chi connectivity index (χ1) is 13.8. The van der Waals surface area contributed by atoms with Gasteiger partial charge in [0.05, 0.1) is 16.2 Å². The van der Waals surface area contributed by atoms with Crippen LogP contribution in [0.5, 0.6) is 0 Å². The summed E-state index contributed by atoms with van der Waals surface area (Å²) in [5, 5.41) is 9.31. The van der Waals surface area contributed by atoms with Gasteiger partial charge in [-0.3, -0.25) is 14.2 Å². The number of aromatic nitrogens is 3. The molecular formula is C18H20ClN5O3S2. The van der Waals surface area contributed by atoms with Gasteiger partial charge in [-0.25, -0.2) is 13.4 Å². The lowest BCUT2D eigenvalue weighted by Crippen LogP contribution is -2.14. The van der Waals surface area contributed by atoms with Gasteiger partial charge >= 0.3 is 0 Å². The Labute approximate surface area is 178 Å². The maximum Gasteiger partial charge on any atom is 0.263 e. The normalized spacial score (nSPS) is 11.4. The van der Waals surface area contributed by atoms with Gasteiger partial charge < -0.3 is 5.32 Å². The summed E-state index contributed by atoms with van der Waals surface area (Å²) in [5.74, 6) is -0.397. The number of amides is 1. The van der Waals surface area contributed by atoms with Gasteiger partial charge in [0, 0.05) is 23.8 Å². The fourth-order valence-corrected chi connectivity index (χ4v) is 4.76. The van der Waals surface area contributed by atoms with Crippen molar-refractivity contribution in [2.45, 2.75) is 38.1 Å². The maximum absolute atomic E-state index is 12.6. The van der Waals surface area contributed by atoms with Gasteiger partial charge in [0.15, 0.2) is 5.13 Å². The number of halogens is 1. The van der Waals surface area contributed by atoms with Crippen LogP contribution in [0.4, 0.5) is 10.8 Å². The van der Waals surface area contributed by atoms with Crippen molar-refractivity contribution in [1.29, 1.82) is 0 Å². The van der Waals surface area contributed by atoms with Crippen molar-refractivity contribution in [3.8, 4) is 0 Å². The predicted octanol–water partition coefficient (Wildman–Crippen LogP) is 4.15. The molecule has 2 heterocycles. The number of hydrogen-bond acceptors (Lipinski definition) is 6. The highest BCUT2D eigenvalue weighted by atomic mass is 35.5. The first kappa shape index (κ1) is 21.3. The van der Waals surface area contributed by atoms with Crippen LogP contribution in [-0.2, 0) is 16.6 Å². The summed E-state index contributed by atoms with van der Waals surface area (Å²) >= 11 is 7.51. The molecule has 0 aliphatic rings. The van der Waals surface area contributed by atoms with Crippen molar-refractivity contribution in [3.05, 3.63) is 52.3 Å². The van der Waals surface area contributed by atoms with Crippen LogP contribution in [-0.4, -0.2) is 29.1 Å². The number of unbranched alkanes of at least 4 members (excludes halogenated alkanes) is 1. The molecule has 0 fully saturated rings. The SMILES string of the molecule is CCCCn1nc(C)c(C(=O)Nc2ccc(S(=O)(=O)Nc3nccs3)cc2)c1Cl. The summed E-state index contributed by atoms with van der Waals surface area (Å²) in [6.07, 6.45) is 3.41. The van der Waals surface area contributed by atoms with Gasteiger partial charge in [-0.1, -0.05) is 24.9 Å².